The zero-order valence-electron chi connectivity index (χ0n) is 15.9. The molecule has 1 unspecified atom stereocenters. The molecule has 1 heterocycles. The van der Waals surface area contributed by atoms with Crippen molar-refractivity contribution in [2.24, 2.45) is 5.92 Å². The van der Waals surface area contributed by atoms with Crippen molar-refractivity contribution < 1.29 is 14.3 Å². The van der Waals surface area contributed by atoms with Gasteiger partial charge in [0.2, 0.25) is 11.8 Å². The lowest BCUT2D eigenvalue weighted by Crippen LogP contribution is -2.43. The van der Waals surface area contributed by atoms with E-state index in [1.165, 1.54) is 0 Å². The smallest absolute Gasteiger partial charge is 0.223 e. The number of carbonyl (C=O) groups is 2. The number of piperidine rings is 1. The highest BCUT2D eigenvalue weighted by atomic mass is 16.5. The Balaban J connectivity index is 1.75. The van der Waals surface area contributed by atoms with Gasteiger partial charge < -0.3 is 15.0 Å². The molecule has 1 aliphatic rings. The van der Waals surface area contributed by atoms with Gasteiger partial charge in [-0.2, -0.15) is 0 Å². The fourth-order valence-electron chi connectivity index (χ4n) is 3.52. The van der Waals surface area contributed by atoms with Crippen LogP contribution in [0, 0.1) is 5.92 Å². The highest BCUT2D eigenvalue weighted by molar-refractivity contribution is 5.80. The summed E-state index contributed by atoms with van der Waals surface area (Å²) in [7, 11) is 1.64. The van der Waals surface area contributed by atoms with Crippen LogP contribution < -0.4 is 10.1 Å². The maximum Gasteiger partial charge on any atom is 0.223 e. The van der Waals surface area contributed by atoms with Crippen molar-refractivity contribution >= 4 is 11.8 Å². The maximum absolute atomic E-state index is 12.9. The average Bonchev–Trinajstić information content (AvgIpc) is 2.72. The van der Waals surface area contributed by atoms with Crippen molar-refractivity contribution in [1.29, 1.82) is 0 Å². The Morgan fingerprint density at radius 3 is 2.15 bits per heavy atom. The Bertz CT molecular complexity index is 766. The van der Waals surface area contributed by atoms with E-state index in [2.05, 4.69) is 5.32 Å². The number of nitrogens with one attached hydrogen (secondary N) is 1. The monoisotopic (exact) mass is 366 g/mol. The third kappa shape index (κ3) is 4.67. The molecular formula is C22H26N2O3. The third-order valence-electron chi connectivity index (χ3n) is 5.18. The standard InChI is InChI=1S/C22H26N2O3/c1-16(25)24-14-12-19(13-15-24)22(26)23-21(17-6-4-3-5-7-17)18-8-10-20(27-2)11-9-18/h3-11,19,21H,12-15H2,1-2H3,(H,23,26). The van der Waals surface area contributed by atoms with E-state index in [1.807, 2.05) is 59.5 Å². The molecule has 1 aliphatic heterocycles. The summed E-state index contributed by atoms with van der Waals surface area (Å²) in [6, 6.07) is 17.5. The molecule has 2 aromatic carbocycles. The van der Waals surface area contributed by atoms with Crippen LogP contribution in [0.4, 0.5) is 0 Å². The van der Waals surface area contributed by atoms with E-state index in [0.29, 0.717) is 25.9 Å². The number of ether oxygens (including phenoxy) is 1. The summed E-state index contributed by atoms with van der Waals surface area (Å²) in [4.78, 5) is 26.2. The van der Waals surface area contributed by atoms with Gasteiger partial charge in [-0.1, -0.05) is 42.5 Å². The van der Waals surface area contributed by atoms with E-state index in [-0.39, 0.29) is 23.8 Å². The van der Waals surface area contributed by atoms with Gasteiger partial charge in [0.25, 0.3) is 0 Å². The van der Waals surface area contributed by atoms with Gasteiger partial charge >= 0.3 is 0 Å². The first-order valence-corrected chi connectivity index (χ1v) is 9.33. The van der Waals surface area contributed by atoms with Crippen LogP contribution in [0.15, 0.2) is 54.6 Å². The van der Waals surface area contributed by atoms with Crippen LogP contribution >= 0.6 is 0 Å². The van der Waals surface area contributed by atoms with Crippen molar-refractivity contribution in [2.45, 2.75) is 25.8 Å². The third-order valence-corrected chi connectivity index (χ3v) is 5.18. The molecule has 1 atom stereocenters. The van der Waals surface area contributed by atoms with Gasteiger partial charge in [-0.25, -0.2) is 0 Å². The lowest BCUT2D eigenvalue weighted by molar-refractivity contribution is -0.134. The molecule has 1 saturated heterocycles. The Hall–Kier alpha value is -2.82. The molecular weight excluding hydrogens is 340 g/mol. The zero-order valence-corrected chi connectivity index (χ0v) is 15.9. The highest BCUT2D eigenvalue weighted by Crippen LogP contribution is 2.26. The quantitative estimate of drug-likeness (QED) is 0.884. The molecule has 0 radical (unpaired) electrons. The molecule has 0 aliphatic carbocycles. The van der Waals surface area contributed by atoms with Crippen LogP contribution in [0.25, 0.3) is 0 Å². The zero-order chi connectivity index (χ0) is 19.2. The van der Waals surface area contributed by atoms with Gasteiger partial charge in [0.05, 0.1) is 13.2 Å². The summed E-state index contributed by atoms with van der Waals surface area (Å²) >= 11 is 0. The van der Waals surface area contributed by atoms with Crippen molar-refractivity contribution in [2.75, 3.05) is 20.2 Å². The number of amides is 2. The van der Waals surface area contributed by atoms with Crippen LogP contribution in [-0.2, 0) is 9.59 Å². The van der Waals surface area contributed by atoms with Crippen molar-refractivity contribution in [1.82, 2.24) is 10.2 Å². The van der Waals surface area contributed by atoms with Crippen molar-refractivity contribution in [3.63, 3.8) is 0 Å². The van der Waals surface area contributed by atoms with Crippen LogP contribution in [0.5, 0.6) is 5.75 Å². The molecule has 5 heteroatoms. The summed E-state index contributed by atoms with van der Waals surface area (Å²) in [5.74, 6) is 0.843. The second kappa shape index (κ2) is 8.71. The van der Waals surface area contributed by atoms with Gasteiger partial charge in [0.1, 0.15) is 5.75 Å². The first kappa shape index (κ1) is 19.0. The molecule has 2 aromatic rings. The fourth-order valence-corrected chi connectivity index (χ4v) is 3.52. The lowest BCUT2D eigenvalue weighted by atomic mass is 9.93. The van der Waals surface area contributed by atoms with Gasteiger partial charge in [-0.05, 0) is 36.1 Å². The summed E-state index contributed by atoms with van der Waals surface area (Å²) in [6.07, 6.45) is 1.41. The molecule has 27 heavy (non-hydrogen) atoms. The molecule has 5 nitrogen and oxygen atoms in total. The lowest BCUT2D eigenvalue weighted by Gasteiger charge is -2.31. The molecule has 3 rings (SSSR count). The van der Waals surface area contributed by atoms with Gasteiger partial charge in [-0.3, -0.25) is 9.59 Å². The van der Waals surface area contributed by atoms with E-state index in [1.54, 1.807) is 14.0 Å². The minimum absolute atomic E-state index is 0.0443. The van der Waals surface area contributed by atoms with Gasteiger partial charge in [-0.15, -0.1) is 0 Å². The summed E-state index contributed by atoms with van der Waals surface area (Å²) in [5, 5.41) is 3.22. The SMILES string of the molecule is COc1ccc(C(NC(=O)C2CCN(C(C)=O)CC2)c2ccccc2)cc1. The highest BCUT2D eigenvalue weighted by Gasteiger charge is 2.28. The van der Waals surface area contributed by atoms with Crippen molar-refractivity contribution in [3.05, 3.63) is 65.7 Å². The number of rotatable bonds is 5. The predicted octanol–water partition coefficient (Wildman–Crippen LogP) is 3.16. The minimum atomic E-state index is -0.213. The van der Waals surface area contributed by atoms with Crippen LogP contribution in [0.2, 0.25) is 0 Å². The number of methoxy groups -OCH3 is 1. The van der Waals surface area contributed by atoms with E-state index >= 15 is 0 Å². The molecule has 0 saturated carbocycles. The summed E-state index contributed by atoms with van der Waals surface area (Å²) in [6.45, 7) is 2.87. The number of hydrogen-bond acceptors (Lipinski definition) is 3. The predicted molar refractivity (Wildman–Crippen MR) is 104 cm³/mol. The maximum atomic E-state index is 12.9. The summed E-state index contributed by atoms with van der Waals surface area (Å²) in [5.41, 5.74) is 2.05. The number of carbonyl (C=O) groups excluding carboxylic acids is 2. The largest absolute Gasteiger partial charge is 0.497 e. The van der Waals surface area contributed by atoms with E-state index in [9.17, 15) is 9.59 Å². The van der Waals surface area contributed by atoms with Crippen molar-refractivity contribution in [3.8, 4) is 5.75 Å². The molecule has 0 aromatic heterocycles. The molecule has 0 bridgehead atoms. The molecule has 2 amide bonds. The Morgan fingerprint density at radius 1 is 1.00 bits per heavy atom. The first-order chi connectivity index (χ1) is 13.1. The average molecular weight is 366 g/mol. The van der Waals surface area contributed by atoms with Gasteiger partial charge in [0.15, 0.2) is 0 Å². The Kier molecular flexibility index (Phi) is 6.12. The first-order valence-electron chi connectivity index (χ1n) is 9.33. The van der Waals surface area contributed by atoms with E-state index in [4.69, 9.17) is 4.74 Å². The number of hydrogen-bond donors (Lipinski definition) is 1. The van der Waals surface area contributed by atoms with E-state index in [0.717, 1.165) is 16.9 Å². The van der Waals surface area contributed by atoms with E-state index < -0.39 is 0 Å². The fraction of sp³-hybridized carbons (Fsp3) is 0.364. The molecule has 142 valence electrons. The Morgan fingerprint density at radius 2 is 1.59 bits per heavy atom. The topological polar surface area (TPSA) is 58.6 Å². The molecule has 0 spiro atoms. The van der Waals surface area contributed by atoms with Crippen LogP contribution in [0.1, 0.15) is 36.9 Å². The number of likely N-dealkylation sites (tertiary alicyclic amines) is 1. The van der Waals surface area contributed by atoms with Gasteiger partial charge in [0, 0.05) is 25.9 Å². The number of benzene rings is 2. The summed E-state index contributed by atoms with van der Waals surface area (Å²) < 4.78 is 5.24. The second-order valence-corrected chi connectivity index (χ2v) is 6.91. The normalized spacial score (nSPS) is 15.9. The molecule has 1 N–H and O–H groups in total. The second-order valence-electron chi connectivity index (χ2n) is 6.91. The minimum Gasteiger partial charge on any atom is -0.497 e. The molecule has 1 fully saturated rings. The number of nitrogens with zero attached hydrogens (tertiary/aromatic N) is 1. The Labute approximate surface area is 160 Å². The van der Waals surface area contributed by atoms with Crippen LogP contribution in [-0.4, -0.2) is 36.9 Å². The van der Waals surface area contributed by atoms with Crippen LogP contribution in [0.3, 0.4) is 0 Å².